The lowest BCUT2D eigenvalue weighted by molar-refractivity contribution is -0.140. The topological polar surface area (TPSA) is 86.8 Å². The zero-order valence-corrected chi connectivity index (χ0v) is 27.3. The summed E-state index contributed by atoms with van der Waals surface area (Å²) >= 11 is 19.0. The Labute approximate surface area is 269 Å². The first kappa shape index (κ1) is 33.1. The summed E-state index contributed by atoms with van der Waals surface area (Å²) in [7, 11) is -4.20. The van der Waals surface area contributed by atoms with Crippen LogP contribution in [0.3, 0.4) is 0 Å². The van der Waals surface area contributed by atoms with Crippen molar-refractivity contribution in [1.29, 1.82) is 0 Å². The van der Waals surface area contributed by atoms with Gasteiger partial charge < -0.3 is 10.2 Å². The number of sulfonamides is 1. The van der Waals surface area contributed by atoms with Gasteiger partial charge >= 0.3 is 0 Å². The van der Waals surface area contributed by atoms with Crippen LogP contribution in [-0.4, -0.2) is 43.8 Å². The predicted molar refractivity (Wildman–Crippen MR) is 173 cm³/mol. The Morgan fingerprint density at radius 2 is 1.63 bits per heavy atom. The highest BCUT2D eigenvalue weighted by molar-refractivity contribution is 7.92. The van der Waals surface area contributed by atoms with Crippen LogP contribution in [0.1, 0.15) is 56.6 Å². The van der Waals surface area contributed by atoms with Crippen LogP contribution in [0.5, 0.6) is 0 Å². The monoisotopic (exact) mass is 663 g/mol. The van der Waals surface area contributed by atoms with Gasteiger partial charge in [0.25, 0.3) is 10.0 Å². The number of benzene rings is 3. The van der Waals surface area contributed by atoms with Crippen LogP contribution in [-0.2, 0) is 26.2 Å². The van der Waals surface area contributed by atoms with Gasteiger partial charge in [0, 0.05) is 27.7 Å². The molecule has 230 valence electrons. The Morgan fingerprint density at radius 1 is 0.930 bits per heavy atom. The molecule has 1 fully saturated rings. The van der Waals surface area contributed by atoms with Gasteiger partial charge in [0.15, 0.2) is 0 Å². The van der Waals surface area contributed by atoms with Crippen LogP contribution in [0.4, 0.5) is 5.69 Å². The Balaban J connectivity index is 1.75. The van der Waals surface area contributed by atoms with E-state index in [2.05, 4.69) is 5.32 Å². The third-order valence-corrected chi connectivity index (χ3v) is 10.6. The molecule has 3 aromatic rings. The van der Waals surface area contributed by atoms with Gasteiger partial charge in [-0.15, -0.1) is 0 Å². The molecule has 0 spiro atoms. The van der Waals surface area contributed by atoms with Crippen molar-refractivity contribution in [1.82, 2.24) is 10.2 Å². The van der Waals surface area contributed by atoms with E-state index in [1.54, 1.807) is 61.5 Å². The highest BCUT2D eigenvalue weighted by Gasteiger charge is 2.35. The molecule has 43 heavy (non-hydrogen) atoms. The van der Waals surface area contributed by atoms with Crippen molar-refractivity contribution in [3.63, 3.8) is 0 Å². The van der Waals surface area contributed by atoms with E-state index in [1.807, 2.05) is 6.92 Å². The first-order chi connectivity index (χ1) is 20.5. The molecule has 0 aromatic heterocycles. The molecule has 0 saturated heterocycles. The van der Waals surface area contributed by atoms with Crippen LogP contribution in [0.15, 0.2) is 71.6 Å². The molecule has 1 atom stereocenters. The Morgan fingerprint density at radius 3 is 2.28 bits per heavy atom. The number of hydrogen-bond acceptors (Lipinski definition) is 4. The van der Waals surface area contributed by atoms with Crippen LogP contribution in [0.25, 0.3) is 0 Å². The summed E-state index contributed by atoms with van der Waals surface area (Å²) in [6.45, 7) is 2.96. The molecule has 0 radical (unpaired) electrons. The van der Waals surface area contributed by atoms with E-state index in [4.69, 9.17) is 34.8 Å². The van der Waals surface area contributed by atoms with E-state index in [0.29, 0.717) is 32.6 Å². The number of rotatable bonds is 11. The zero-order chi connectivity index (χ0) is 31.1. The van der Waals surface area contributed by atoms with Crippen molar-refractivity contribution >= 4 is 62.3 Å². The number of hydrogen-bond donors (Lipinski definition) is 1. The van der Waals surface area contributed by atoms with Gasteiger partial charge in [-0.3, -0.25) is 13.9 Å². The molecule has 4 rings (SSSR count). The average Bonchev–Trinajstić information content (AvgIpc) is 2.99. The highest BCUT2D eigenvalue weighted by Crippen LogP contribution is 2.32. The Hall–Kier alpha value is -2.78. The molecule has 2 amide bonds. The first-order valence-corrected chi connectivity index (χ1v) is 17.0. The van der Waals surface area contributed by atoms with E-state index < -0.39 is 28.5 Å². The van der Waals surface area contributed by atoms with E-state index in [1.165, 1.54) is 17.0 Å². The summed E-state index contributed by atoms with van der Waals surface area (Å²) < 4.78 is 29.1. The van der Waals surface area contributed by atoms with Crippen molar-refractivity contribution < 1.29 is 18.0 Å². The quantitative estimate of drug-likeness (QED) is 0.231. The Bertz CT molecular complexity index is 1550. The van der Waals surface area contributed by atoms with Gasteiger partial charge in [0.1, 0.15) is 12.6 Å². The van der Waals surface area contributed by atoms with Crippen LogP contribution >= 0.6 is 34.8 Å². The number of anilines is 1. The summed E-state index contributed by atoms with van der Waals surface area (Å²) in [5, 5.41) is 4.27. The SMILES string of the molecule is CC[C@H](C(=O)NC1CCCCC1)N(Cc1ccc(Cl)cc1Cl)C(=O)CN(c1cccc(Cl)c1C)S(=O)(=O)c1ccccc1. The smallest absolute Gasteiger partial charge is 0.264 e. The van der Waals surface area contributed by atoms with E-state index in [9.17, 15) is 18.0 Å². The van der Waals surface area contributed by atoms with Crippen molar-refractivity contribution in [2.45, 2.75) is 75.9 Å². The van der Waals surface area contributed by atoms with Crippen molar-refractivity contribution in [3.8, 4) is 0 Å². The number of halogens is 3. The standard InChI is InChI=1S/C32H36Cl3N3O4S/c1-3-29(32(40)36-25-11-6-4-7-12-25)37(20-23-17-18-24(33)19-28(23)35)31(39)21-38(30-16-10-15-27(34)22(30)2)43(41,42)26-13-8-5-9-14-26/h5,8-10,13-19,25,29H,3-4,6-7,11-12,20-21H2,1-2H3,(H,36,40)/t29-/m1/s1. The molecule has 7 nitrogen and oxygen atoms in total. The molecule has 1 aliphatic carbocycles. The summed E-state index contributed by atoms with van der Waals surface area (Å²) in [5.74, 6) is -0.834. The molecule has 11 heteroatoms. The lowest BCUT2D eigenvalue weighted by Crippen LogP contribution is -2.54. The lowest BCUT2D eigenvalue weighted by atomic mass is 9.95. The molecule has 1 aliphatic rings. The molecular weight excluding hydrogens is 629 g/mol. The van der Waals surface area contributed by atoms with Crippen LogP contribution in [0.2, 0.25) is 15.1 Å². The summed E-state index contributed by atoms with van der Waals surface area (Å²) in [5.41, 5.74) is 1.36. The molecular formula is C32H36Cl3N3O4S. The molecule has 0 bridgehead atoms. The third kappa shape index (κ3) is 8.04. The predicted octanol–water partition coefficient (Wildman–Crippen LogP) is 7.41. The highest BCUT2D eigenvalue weighted by atomic mass is 35.5. The summed E-state index contributed by atoms with van der Waals surface area (Å²) in [4.78, 5) is 29.4. The third-order valence-electron chi connectivity index (χ3n) is 7.81. The maximum atomic E-state index is 14.3. The van der Waals surface area contributed by atoms with Crippen LogP contribution < -0.4 is 9.62 Å². The van der Waals surface area contributed by atoms with Crippen molar-refractivity contribution in [3.05, 3.63) is 92.9 Å². The average molecular weight is 665 g/mol. The second kappa shape index (κ2) is 14.8. The Kier molecular flexibility index (Phi) is 11.4. The molecule has 0 unspecified atom stereocenters. The van der Waals surface area contributed by atoms with E-state index in [-0.39, 0.29) is 29.1 Å². The number of nitrogens with one attached hydrogen (secondary N) is 1. The molecule has 0 aliphatic heterocycles. The summed E-state index contributed by atoms with van der Waals surface area (Å²) in [6.07, 6.45) is 5.30. The fourth-order valence-corrected chi connectivity index (χ4v) is 7.53. The number of amides is 2. The maximum absolute atomic E-state index is 14.3. The molecule has 1 saturated carbocycles. The van der Waals surface area contributed by atoms with Crippen LogP contribution in [0, 0.1) is 6.92 Å². The second-order valence-electron chi connectivity index (χ2n) is 10.7. The molecule has 3 aromatic carbocycles. The van der Waals surface area contributed by atoms with Gasteiger partial charge in [0.2, 0.25) is 11.8 Å². The van der Waals surface area contributed by atoms with Gasteiger partial charge in [0.05, 0.1) is 10.6 Å². The minimum absolute atomic E-state index is 0.0147. The minimum Gasteiger partial charge on any atom is -0.352 e. The number of carbonyl (C=O) groups is 2. The largest absolute Gasteiger partial charge is 0.352 e. The number of carbonyl (C=O) groups excluding carboxylic acids is 2. The molecule has 1 N–H and O–H groups in total. The fourth-order valence-electron chi connectivity index (χ4n) is 5.40. The number of nitrogens with zero attached hydrogens (tertiary/aromatic N) is 2. The van der Waals surface area contributed by atoms with E-state index in [0.717, 1.165) is 36.4 Å². The van der Waals surface area contributed by atoms with Gasteiger partial charge in [-0.1, -0.05) is 91.3 Å². The zero-order valence-electron chi connectivity index (χ0n) is 24.2. The van der Waals surface area contributed by atoms with Crippen molar-refractivity contribution in [2.75, 3.05) is 10.8 Å². The molecule has 0 heterocycles. The fraction of sp³-hybridized carbons (Fsp3) is 0.375. The lowest BCUT2D eigenvalue weighted by Gasteiger charge is -2.35. The normalized spacial score (nSPS) is 14.6. The van der Waals surface area contributed by atoms with E-state index >= 15 is 0 Å². The second-order valence-corrected chi connectivity index (χ2v) is 13.8. The minimum atomic E-state index is -4.20. The summed E-state index contributed by atoms with van der Waals surface area (Å²) in [6, 6.07) is 16.9. The first-order valence-electron chi connectivity index (χ1n) is 14.4. The van der Waals surface area contributed by atoms with Gasteiger partial charge in [-0.05, 0) is 73.7 Å². The van der Waals surface area contributed by atoms with Gasteiger partial charge in [-0.2, -0.15) is 0 Å². The van der Waals surface area contributed by atoms with Crippen molar-refractivity contribution in [2.24, 2.45) is 0 Å². The van der Waals surface area contributed by atoms with Gasteiger partial charge in [-0.25, -0.2) is 8.42 Å². The maximum Gasteiger partial charge on any atom is 0.264 e.